The minimum atomic E-state index is -0.352. The third kappa shape index (κ3) is 3.46. The van der Waals surface area contributed by atoms with Gasteiger partial charge >= 0.3 is 0 Å². The lowest BCUT2D eigenvalue weighted by atomic mass is 10.0. The Morgan fingerprint density at radius 2 is 2.00 bits per heavy atom. The van der Waals surface area contributed by atoms with Crippen molar-refractivity contribution in [3.05, 3.63) is 69.9 Å². The van der Waals surface area contributed by atoms with Crippen LogP contribution in [0.3, 0.4) is 0 Å². The molecule has 0 aliphatic heterocycles. The summed E-state index contributed by atoms with van der Waals surface area (Å²) in [7, 11) is 0. The van der Waals surface area contributed by atoms with Crippen LogP contribution in [0.5, 0.6) is 0 Å². The highest BCUT2D eigenvalue weighted by atomic mass is 32.2. The monoisotopic (exact) mass is 317 g/mol. The lowest BCUT2D eigenvalue weighted by Gasteiger charge is -2.04. The van der Waals surface area contributed by atoms with Gasteiger partial charge in [-0.25, -0.2) is 9.38 Å². The van der Waals surface area contributed by atoms with Crippen molar-refractivity contribution in [2.24, 2.45) is 4.99 Å². The molecule has 4 nitrogen and oxygen atoms in total. The standard InChI is InChI=1S/C16H16FN3OS/c1-4-5-13(18-10(2)22-3)15-14(16(21)20-19-15)11-6-8-12(17)9-7-11/h4-9H,2H2,1,3H3,(H2,19,20,21)/b5-4-,18-13+. The van der Waals surface area contributed by atoms with Crippen LogP contribution in [-0.4, -0.2) is 22.2 Å². The smallest absolute Gasteiger partial charge is 0.272 e. The first-order chi connectivity index (χ1) is 10.6. The van der Waals surface area contributed by atoms with Gasteiger partial charge in [0.05, 0.1) is 22.0 Å². The summed E-state index contributed by atoms with van der Waals surface area (Å²) in [4.78, 5) is 16.5. The van der Waals surface area contributed by atoms with Gasteiger partial charge < -0.3 is 0 Å². The number of aromatic nitrogens is 2. The van der Waals surface area contributed by atoms with Gasteiger partial charge in [-0.15, -0.1) is 11.8 Å². The van der Waals surface area contributed by atoms with Crippen LogP contribution in [0.25, 0.3) is 11.1 Å². The fraction of sp³-hybridized carbons (Fsp3) is 0.125. The number of halogens is 1. The predicted molar refractivity (Wildman–Crippen MR) is 90.8 cm³/mol. The minimum absolute atomic E-state index is 0.284. The summed E-state index contributed by atoms with van der Waals surface area (Å²) < 4.78 is 13.1. The van der Waals surface area contributed by atoms with E-state index in [1.807, 2.05) is 19.3 Å². The first-order valence-corrected chi connectivity index (χ1v) is 7.80. The molecule has 6 heteroatoms. The van der Waals surface area contributed by atoms with Gasteiger partial charge in [0.1, 0.15) is 5.82 Å². The number of thioether (sulfide) groups is 1. The molecule has 0 saturated heterocycles. The molecule has 2 aromatic rings. The Morgan fingerprint density at radius 1 is 1.32 bits per heavy atom. The Kier molecular flexibility index (Phi) is 5.16. The Labute approximate surface area is 131 Å². The van der Waals surface area contributed by atoms with Crippen LogP contribution in [0.2, 0.25) is 0 Å². The number of aromatic amines is 2. The summed E-state index contributed by atoms with van der Waals surface area (Å²) in [5.41, 5.74) is 1.88. The molecule has 0 amide bonds. The van der Waals surface area contributed by atoms with Crippen molar-refractivity contribution in [2.45, 2.75) is 6.92 Å². The highest BCUT2D eigenvalue weighted by Gasteiger charge is 2.16. The molecule has 0 aliphatic carbocycles. The van der Waals surface area contributed by atoms with Crippen LogP contribution in [0.4, 0.5) is 4.39 Å². The molecule has 2 rings (SSSR count). The Morgan fingerprint density at radius 3 is 2.59 bits per heavy atom. The third-order valence-electron chi connectivity index (χ3n) is 2.97. The van der Waals surface area contributed by atoms with Gasteiger partial charge in [-0.2, -0.15) is 0 Å². The zero-order valence-corrected chi connectivity index (χ0v) is 13.1. The van der Waals surface area contributed by atoms with Gasteiger partial charge in [-0.05, 0) is 37.0 Å². The number of nitrogens with one attached hydrogen (secondary N) is 2. The maximum atomic E-state index is 13.1. The van der Waals surface area contributed by atoms with Crippen molar-refractivity contribution in [3.8, 4) is 11.1 Å². The molecule has 0 bridgehead atoms. The number of nitrogens with zero attached hydrogens (tertiary/aromatic N) is 1. The second-order valence-electron chi connectivity index (χ2n) is 4.43. The second kappa shape index (κ2) is 7.09. The summed E-state index contributed by atoms with van der Waals surface area (Å²) in [5, 5.41) is 6.02. The first-order valence-electron chi connectivity index (χ1n) is 6.58. The van der Waals surface area contributed by atoms with Crippen molar-refractivity contribution in [1.82, 2.24) is 10.2 Å². The highest BCUT2D eigenvalue weighted by Crippen LogP contribution is 2.21. The summed E-state index contributed by atoms with van der Waals surface area (Å²) >= 11 is 1.42. The molecule has 114 valence electrons. The molecule has 0 fully saturated rings. The maximum absolute atomic E-state index is 13.1. The van der Waals surface area contributed by atoms with Crippen LogP contribution in [0.1, 0.15) is 12.6 Å². The highest BCUT2D eigenvalue weighted by molar-refractivity contribution is 8.02. The van der Waals surface area contributed by atoms with Crippen LogP contribution in [0.15, 0.2) is 57.8 Å². The molecule has 22 heavy (non-hydrogen) atoms. The number of hydrogen-bond donors (Lipinski definition) is 2. The normalized spacial score (nSPS) is 12.0. The molecule has 0 radical (unpaired) electrons. The van der Waals surface area contributed by atoms with Crippen molar-refractivity contribution in [1.29, 1.82) is 0 Å². The lowest BCUT2D eigenvalue weighted by Crippen LogP contribution is -2.05. The summed E-state index contributed by atoms with van der Waals surface area (Å²) in [5.74, 6) is -0.352. The number of aliphatic imine (C=N–C) groups is 1. The molecule has 1 aromatic heterocycles. The van der Waals surface area contributed by atoms with E-state index in [9.17, 15) is 9.18 Å². The number of H-pyrrole nitrogens is 2. The van der Waals surface area contributed by atoms with Crippen LogP contribution < -0.4 is 5.56 Å². The van der Waals surface area contributed by atoms with E-state index in [1.165, 1.54) is 23.9 Å². The van der Waals surface area contributed by atoms with E-state index in [1.54, 1.807) is 18.2 Å². The van der Waals surface area contributed by atoms with Crippen LogP contribution in [0, 0.1) is 5.82 Å². The molecule has 0 spiro atoms. The van der Waals surface area contributed by atoms with Crippen molar-refractivity contribution < 1.29 is 4.39 Å². The third-order valence-corrected chi connectivity index (χ3v) is 3.53. The number of benzene rings is 1. The van der Waals surface area contributed by atoms with Gasteiger partial charge in [-0.1, -0.05) is 24.8 Å². The summed E-state index contributed by atoms with van der Waals surface area (Å²) in [6.07, 6.45) is 5.49. The second-order valence-corrected chi connectivity index (χ2v) is 5.31. The Balaban J connectivity index is 2.61. The molecular formula is C16H16FN3OS. The summed E-state index contributed by atoms with van der Waals surface area (Å²) in [6.45, 7) is 5.69. The fourth-order valence-corrected chi connectivity index (χ4v) is 2.15. The maximum Gasteiger partial charge on any atom is 0.272 e. The minimum Gasteiger partial charge on any atom is -0.295 e. The van der Waals surface area contributed by atoms with Gasteiger partial charge in [0.25, 0.3) is 5.56 Å². The molecule has 1 aromatic carbocycles. The van der Waals surface area contributed by atoms with Gasteiger partial charge in [0.2, 0.25) is 0 Å². The number of rotatable bonds is 5. The Hall–Kier alpha value is -2.34. The predicted octanol–water partition coefficient (Wildman–Crippen LogP) is 3.71. The molecule has 0 saturated carbocycles. The van der Waals surface area contributed by atoms with E-state index < -0.39 is 0 Å². The van der Waals surface area contributed by atoms with Gasteiger partial charge in [0, 0.05) is 0 Å². The van der Waals surface area contributed by atoms with E-state index in [4.69, 9.17) is 0 Å². The molecular weight excluding hydrogens is 301 g/mol. The first kappa shape index (κ1) is 16.0. The average Bonchev–Trinajstić information content (AvgIpc) is 2.89. The van der Waals surface area contributed by atoms with Gasteiger partial charge in [-0.3, -0.25) is 15.0 Å². The SMILES string of the molecule is C=C(/N=C(\C=C/C)c1[nH][nH]c(=O)c1-c1ccc(F)cc1)SC. The molecule has 0 atom stereocenters. The topological polar surface area (TPSA) is 61.0 Å². The molecule has 1 heterocycles. The summed E-state index contributed by atoms with van der Waals surface area (Å²) in [6, 6.07) is 5.76. The van der Waals surface area contributed by atoms with Crippen molar-refractivity contribution >= 4 is 17.5 Å². The van der Waals surface area contributed by atoms with E-state index in [0.717, 1.165) is 0 Å². The molecule has 0 unspecified atom stereocenters. The number of allylic oxidation sites excluding steroid dienone is 2. The molecule has 0 aliphatic rings. The number of hydrogen-bond acceptors (Lipinski definition) is 3. The largest absolute Gasteiger partial charge is 0.295 e. The van der Waals surface area contributed by atoms with Crippen LogP contribution >= 0.6 is 11.8 Å². The molecule has 2 N–H and O–H groups in total. The lowest BCUT2D eigenvalue weighted by molar-refractivity contribution is 0.628. The van der Waals surface area contributed by atoms with E-state index >= 15 is 0 Å². The van der Waals surface area contributed by atoms with Gasteiger partial charge in [0.15, 0.2) is 0 Å². The zero-order valence-electron chi connectivity index (χ0n) is 12.3. The average molecular weight is 317 g/mol. The quantitative estimate of drug-likeness (QED) is 0.826. The van der Waals surface area contributed by atoms with E-state index in [-0.39, 0.29) is 11.4 Å². The van der Waals surface area contributed by atoms with Crippen LogP contribution in [-0.2, 0) is 0 Å². The van der Waals surface area contributed by atoms with Crippen molar-refractivity contribution in [2.75, 3.05) is 6.26 Å². The van der Waals surface area contributed by atoms with E-state index in [0.29, 0.717) is 27.6 Å². The van der Waals surface area contributed by atoms with Crippen molar-refractivity contribution in [3.63, 3.8) is 0 Å². The Bertz CT molecular complexity index is 784. The zero-order chi connectivity index (χ0) is 16.1. The fourth-order valence-electron chi connectivity index (χ4n) is 1.96. The van der Waals surface area contributed by atoms with E-state index in [2.05, 4.69) is 21.8 Å².